The zero-order valence-corrected chi connectivity index (χ0v) is 14.8. The number of anilines is 1. The van der Waals surface area contributed by atoms with Gasteiger partial charge in [0.15, 0.2) is 0 Å². The van der Waals surface area contributed by atoms with Gasteiger partial charge in [0, 0.05) is 18.9 Å². The van der Waals surface area contributed by atoms with Crippen LogP contribution in [0.3, 0.4) is 0 Å². The first kappa shape index (κ1) is 16.7. The molecule has 1 heterocycles. The summed E-state index contributed by atoms with van der Waals surface area (Å²) in [6.07, 6.45) is 11.8. The average Bonchev–Trinajstić information content (AvgIpc) is 2.48. The fourth-order valence-corrected chi connectivity index (χ4v) is 3.26. The van der Waals surface area contributed by atoms with Crippen LogP contribution in [0.25, 0.3) is 0 Å². The monoisotopic (exact) mass is 354 g/mol. The highest BCUT2D eigenvalue weighted by Gasteiger charge is 2.20. The minimum absolute atomic E-state index is 0.742. The number of hydrogen-bond donors (Lipinski definition) is 1. The van der Waals surface area contributed by atoms with Crippen LogP contribution in [0.1, 0.15) is 38.5 Å². The van der Waals surface area contributed by atoms with E-state index in [0.717, 1.165) is 28.8 Å². The van der Waals surface area contributed by atoms with Crippen LogP contribution in [0.5, 0.6) is 0 Å². The van der Waals surface area contributed by atoms with Crippen molar-refractivity contribution >= 4 is 21.9 Å². The van der Waals surface area contributed by atoms with E-state index in [4.69, 9.17) is 0 Å². The highest BCUT2D eigenvalue weighted by atomic mass is 79.9. The molecule has 21 heavy (non-hydrogen) atoms. The van der Waals surface area contributed by atoms with E-state index in [1.165, 1.54) is 45.1 Å². The molecule has 5 heteroatoms. The van der Waals surface area contributed by atoms with Crippen LogP contribution >= 0.6 is 15.9 Å². The lowest BCUT2D eigenvalue weighted by molar-refractivity contribution is 0.258. The average molecular weight is 355 g/mol. The molecule has 0 bridgehead atoms. The van der Waals surface area contributed by atoms with Crippen molar-refractivity contribution in [1.82, 2.24) is 14.9 Å². The summed E-state index contributed by atoms with van der Waals surface area (Å²) in [7, 11) is 4.32. The molecule has 1 aliphatic carbocycles. The summed E-state index contributed by atoms with van der Waals surface area (Å²) < 4.78 is 0.922. The minimum atomic E-state index is 0.742. The SMILES string of the molecule is CN(C)CCC[C@H]1CC[C@H](CNc2ncc(Br)cn2)CC1. The van der Waals surface area contributed by atoms with Crippen LogP contribution in [-0.2, 0) is 0 Å². The molecule has 1 N–H and O–H groups in total. The number of rotatable bonds is 7. The Balaban J connectivity index is 1.61. The van der Waals surface area contributed by atoms with Gasteiger partial charge in [-0.05, 0) is 74.1 Å². The Morgan fingerprint density at radius 3 is 2.38 bits per heavy atom. The first-order chi connectivity index (χ1) is 10.1. The lowest BCUT2D eigenvalue weighted by Gasteiger charge is -2.29. The molecule has 0 unspecified atom stereocenters. The fraction of sp³-hybridized carbons (Fsp3) is 0.750. The zero-order chi connectivity index (χ0) is 15.1. The highest BCUT2D eigenvalue weighted by molar-refractivity contribution is 9.10. The summed E-state index contributed by atoms with van der Waals surface area (Å²) in [6.45, 7) is 2.23. The molecule has 0 saturated heterocycles. The number of hydrogen-bond acceptors (Lipinski definition) is 4. The second kappa shape index (κ2) is 8.69. The number of aromatic nitrogens is 2. The largest absolute Gasteiger partial charge is 0.354 e. The Hall–Kier alpha value is -0.680. The van der Waals surface area contributed by atoms with Gasteiger partial charge in [0.2, 0.25) is 5.95 Å². The van der Waals surface area contributed by atoms with Crippen LogP contribution in [0.4, 0.5) is 5.95 Å². The molecule has 0 atom stereocenters. The van der Waals surface area contributed by atoms with E-state index in [-0.39, 0.29) is 0 Å². The van der Waals surface area contributed by atoms with E-state index >= 15 is 0 Å². The minimum Gasteiger partial charge on any atom is -0.354 e. The maximum atomic E-state index is 4.26. The van der Waals surface area contributed by atoms with Gasteiger partial charge in [0.05, 0.1) is 4.47 Å². The molecular weight excluding hydrogens is 328 g/mol. The molecule has 0 aromatic carbocycles. The summed E-state index contributed by atoms with van der Waals surface area (Å²) in [6, 6.07) is 0. The van der Waals surface area contributed by atoms with Crippen molar-refractivity contribution in [1.29, 1.82) is 0 Å². The molecule has 1 aromatic rings. The lowest BCUT2D eigenvalue weighted by atomic mass is 9.80. The third-order valence-electron chi connectivity index (χ3n) is 4.35. The van der Waals surface area contributed by atoms with Gasteiger partial charge in [-0.15, -0.1) is 0 Å². The number of halogens is 1. The van der Waals surface area contributed by atoms with E-state index in [1.807, 2.05) is 0 Å². The van der Waals surface area contributed by atoms with Crippen molar-refractivity contribution in [3.8, 4) is 0 Å². The molecule has 2 rings (SSSR count). The van der Waals surface area contributed by atoms with Crippen molar-refractivity contribution in [3.05, 3.63) is 16.9 Å². The van der Waals surface area contributed by atoms with E-state index in [2.05, 4.69) is 50.2 Å². The molecule has 0 aliphatic heterocycles. The van der Waals surface area contributed by atoms with Gasteiger partial charge in [-0.1, -0.05) is 12.8 Å². The second-order valence-electron chi connectivity index (χ2n) is 6.44. The molecule has 0 spiro atoms. The predicted molar refractivity (Wildman–Crippen MR) is 91.5 cm³/mol. The standard InChI is InChI=1S/C16H27BrN4/c1-21(2)9-3-4-13-5-7-14(8-6-13)10-18-16-19-11-15(17)12-20-16/h11-14H,3-10H2,1-2H3,(H,18,19,20)/t13-,14-. The van der Waals surface area contributed by atoms with Gasteiger partial charge in [-0.3, -0.25) is 0 Å². The van der Waals surface area contributed by atoms with Gasteiger partial charge < -0.3 is 10.2 Å². The van der Waals surface area contributed by atoms with Crippen LogP contribution in [0, 0.1) is 11.8 Å². The third-order valence-corrected chi connectivity index (χ3v) is 4.76. The van der Waals surface area contributed by atoms with Gasteiger partial charge in [0.25, 0.3) is 0 Å². The molecule has 4 nitrogen and oxygen atoms in total. The Labute approximate surface area is 136 Å². The van der Waals surface area contributed by atoms with Crippen LogP contribution in [0.2, 0.25) is 0 Å². The molecule has 1 saturated carbocycles. The molecule has 1 aliphatic rings. The second-order valence-corrected chi connectivity index (χ2v) is 7.35. The third kappa shape index (κ3) is 6.30. The summed E-state index contributed by atoms with van der Waals surface area (Å²) in [4.78, 5) is 10.8. The summed E-state index contributed by atoms with van der Waals surface area (Å²) in [5.41, 5.74) is 0. The molecule has 118 valence electrons. The topological polar surface area (TPSA) is 41.0 Å². The molecule has 1 fully saturated rings. The van der Waals surface area contributed by atoms with Crippen molar-refractivity contribution in [3.63, 3.8) is 0 Å². The molecule has 0 amide bonds. The van der Waals surface area contributed by atoms with Crippen LogP contribution < -0.4 is 5.32 Å². The summed E-state index contributed by atoms with van der Waals surface area (Å²) in [5.74, 6) is 2.47. The smallest absolute Gasteiger partial charge is 0.222 e. The van der Waals surface area contributed by atoms with Crippen molar-refractivity contribution in [2.24, 2.45) is 11.8 Å². The van der Waals surface area contributed by atoms with Crippen LogP contribution in [0.15, 0.2) is 16.9 Å². The van der Waals surface area contributed by atoms with E-state index in [9.17, 15) is 0 Å². The van der Waals surface area contributed by atoms with Gasteiger partial charge in [-0.2, -0.15) is 0 Å². The maximum Gasteiger partial charge on any atom is 0.222 e. The zero-order valence-electron chi connectivity index (χ0n) is 13.2. The van der Waals surface area contributed by atoms with Gasteiger partial charge in [0.1, 0.15) is 0 Å². The molecule has 0 radical (unpaired) electrons. The molecule has 1 aromatic heterocycles. The summed E-state index contributed by atoms with van der Waals surface area (Å²) in [5, 5.41) is 3.36. The number of nitrogens with one attached hydrogen (secondary N) is 1. The van der Waals surface area contributed by atoms with Crippen molar-refractivity contribution in [2.45, 2.75) is 38.5 Å². The fourth-order valence-electron chi connectivity index (χ4n) is 3.06. The Morgan fingerprint density at radius 2 is 1.76 bits per heavy atom. The quantitative estimate of drug-likeness (QED) is 0.808. The Morgan fingerprint density at radius 1 is 1.14 bits per heavy atom. The highest BCUT2D eigenvalue weighted by Crippen LogP contribution is 2.31. The Bertz CT molecular complexity index is 399. The summed E-state index contributed by atoms with van der Waals surface area (Å²) >= 11 is 3.35. The predicted octanol–water partition coefficient (Wildman–Crippen LogP) is 3.80. The first-order valence-electron chi connectivity index (χ1n) is 7.99. The molecular formula is C16H27BrN4. The van der Waals surface area contributed by atoms with Gasteiger partial charge in [-0.25, -0.2) is 9.97 Å². The normalized spacial score (nSPS) is 22.5. The maximum absolute atomic E-state index is 4.26. The van der Waals surface area contributed by atoms with Gasteiger partial charge >= 0.3 is 0 Å². The Kier molecular flexibility index (Phi) is 6.90. The van der Waals surface area contributed by atoms with Crippen molar-refractivity contribution < 1.29 is 0 Å². The van der Waals surface area contributed by atoms with E-state index in [0.29, 0.717) is 0 Å². The lowest BCUT2D eigenvalue weighted by Crippen LogP contribution is -2.22. The van der Waals surface area contributed by atoms with Crippen LogP contribution in [-0.4, -0.2) is 42.1 Å². The van der Waals surface area contributed by atoms with E-state index in [1.54, 1.807) is 12.4 Å². The van der Waals surface area contributed by atoms with E-state index < -0.39 is 0 Å². The van der Waals surface area contributed by atoms with Crippen molar-refractivity contribution in [2.75, 3.05) is 32.5 Å². The first-order valence-corrected chi connectivity index (χ1v) is 8.79. The number of nitrogens with zero attached hydrogens (tertiary/aromatic N) is 3.